The zero-order chi connectivity index (χ0) is 20.4. The summed E-state index contributed by atoms with van der Waals surface area (Å²) >= 11 is 0. The Bertz CT molecular complexity index is 1230. The molecule has 3 aliphatic rings. The molecule has 1 saturated heterocycles. The molecule has 150 valence electrons. The van der Waals surface area contributed by atoms with Gasteiger partial charge >= 0.3 is 0 Å². The summed E-state index contributed by atoms with van der Waals surface area (Å²) in [5, 5.41) is 4.59. The van der Waals surface area contributed by atoms with Gasteiger partial charge in [-0.1, -0.05) is 12.1 Å². The molecule has 1 amide bonds. The summed E-state index contributed by atoms with van der Waals surface area (Å²) in [6.45, 7) is 2.02. The zero-order valence-corrected chi connectivity index (χ0v) is 16.8. The predicted octanol–water partition coefficient (Wildman–Crippen LogP) is 3.28. The van der Waals surface area contributed by atoms with Crippen molar-refractivity contribution in [2.45, 2.75) is 38.4 Å². The molecular formula is C24H23N5O. The number of primary amides is 1. The number of nitrogens with two attached hydrogens (primary N) is 1. The molecule has 3 N–H and O–H groups in total. The van der Waals surface area contributed by atoms with Crippen LogP contribution in [0.2, 0.25) is 0 Å². The predicted molar refractivity (Wildman–Crippen MR) is 116 cm³/mol. The van der Waals surface area contributed by atoms with Crippen LogP contribution >= 0.6 is 0 Å². The fraction of sp³-hybridized carbons (Fsp3) is 0.292. The van der Waals surface area contributed by atoms with Crippen molar-refractivity contribution >= 4 is 28.2 Å². The minimum absolute atomic E-state index is 0.316. The highest BCUT2D eigenvalue weighted by atomic mass is 16.1. The SMILES string of the molecule is Cc1cccc(C2=C(c3ccc4nccc(C(N)=O)c4c3)N3C(N2)[C@H]2CC[C@@H]3C2)n1. The Kier molecular flexibility index (Phi) is 3.66. The van der Waals surface area contributed by atoms with E-state index in [4.69, 9.17) is 10.7 Å². The molecule has 0 radical (unpaired) electrons. The van der Waals surface area contributed by atoms with Crippen molar-refractivity contribution in [2.75, 3.05) is 0 Å². The fourth-order valence-corrected chi connectivity index (χ4v) is 5.52. The molecule has 1 saturated carbocycles. The molecule has 1 unspecified atom stereocenters. The van der Waals surface area contributed by atoms with Gasteiger partial charge in [-0.25, -0.2) is 0 Å². The second-order valence-electron chi connectivity index (χ2n) is 8.57. The molecule has 2 fully saturated rings. The molecular weight excluding hydrogens is 374 g/mol. The molecule has 30 heavy (non-hydrogen) atoms. The first-order chi connectivity index (χ1) is 14.6. The van der Waals surface area contributed by atoms with E-state index in [2.05, 4.69) is 39.5 Å². The van der Waals surface area contributed by atoms with Crippen molar-refractivity contribution in [1.29, 1.82) is 0 Å². The molecule has 2 aliphatic heterocycles. The van der Waals surface area contributed by atoms with Gasteiger partial charge in [0.05, 0.1) is 28.2 Å². The number of hydrogen-bond donors (Lipinski definition) is 2. The average Bonchev–Trinajstić information content (AvgIpc) is 3.45. The lowest BCUT2D eigenvalue weighted by Crippen LogP contribution is -2.41. The van der Waals surface area contributed by atoms with E-state index in [0.717, 1.165) is 33.6 Å². The van der Waals surface area contributed by atoms with Gasteiger partial charge in [0.15, 0.2) is 0 Å². The van der Waals surface area contributed by atoms with Gasteiger partial charge in [0.1, 0.15) is 6.17 Å². The molecule has 6 nitrogen and oxygen atoms in total. The number of amides is 1. The highest BCUT2D eigenvalue weighted by Gasteiger charge is 2.51. The molecule has 0 spiro atoms. The molecule has 3 atom stereocenters. The lowest BCUT2D eigenvalue weighted by molar-refractivity contribution is 0.100. The van der Waals surface area contributed by atoms with Gasteiger partial charge in [0, 0.05) is 28.9 Å². The first-order valence-corrected chi connectivity index (χ1v) is 10.5. The number of nitrogens with zero attached hydrogens (tertiary/aromatic N) is 3. The number of hydrogen-bond acceptors (Lipinski definition) is 5. The molecule has 1 aliphatic carbocycles. The normalized spacial score (nSPS) is 24.4. The maximum Gasteiger partial charge on any atom is 0.249 e. The van der Waals surface area contributed by atoms with Crippen LogP contribution in [0.4, 0.5) is 0 Å². The van der Waals surface area contributed by atoms with E-state index >= 15 is 0 Å². The Labute approximate surface area is 174 Å². The zero-order valence-electron chi connectivity index (χ0n) is 16.8. The molecule has 1 aromatic carbocycles. The van der Waals surface area contributed by atoms with Crippen LogP contribution < -0.4 is 11.1 Å². The van der Waals surface area contributed by atoms with Gasteiger partial charge in [0.25, 0.3) is 0 Å². The van der Waals surface area contributed by atoms with Crippen molar-refractivity contribution < 1.29 is 4.79 Å². The number of nitrogens with one attached hydrogen (secondary N) is 1. The number of pyridine rings is 2. The number of rotatable bonds is 3. The molecule has 6 rings (SSSR count). The molecule has 6 heteroatoms. The van der Waals surface area contributed by atoms with Gasteiger partial charge in [-0.05, 0) is 62.4 Å². The maximum atomic E-state index is 12.0. The lowest BCUT2D eigenvalue weighted by atomic mass is 10.0. The number of benzene rings is 1. The summed E-state index contributed by atoms with van der Waals surface area (Å²) in [5.41, 5.74) is 12.2. The summed E-state index contributed by atoms with van der Waals surface area (Å²) in [6, 6.07) is 14.5. The average molecular weight is 397 g/mol. The summed E-state index contributed by atoms with van der Waals surface area (Å²) < 4.78 is 0. The number of carbonyl (C=O) groups excluding carboxylic acids is 1. The minimum atomic E-state index is -0.434. The topological polar surface area (TPSA) is 84.1 Å². The summed E-state index contributed by atoms with van der Waals surface area (Å²) in [7, 11) is 0. The second-order valence-corrected chi connectivity index (χ2v) is 8.57. The highest BCUT2D eigenvalue weighted by Crippen LogP contribution is 2.50. The smallest absolute Gasteiger partial charge is 0.249 e. The largest absolute Gasteiger partial charge is 0.366 e. The van der Waals surface area contributed by atoms with E-state index in [0.29, 0.717) is 23.7 Å². The van der Waals surface area contributed by atoms with Gasteiger partial charge in [-0.15, -0.1) is 0 Å². The van der Waals surface area contributed by atoms with Crippen LogP contribution in [0.5, 0.6) is 0 Å². The molecule has 3 aromatic rings. The van der Waals surface area contributed by atoms with Gasteiger partial charge in [-0.2, -0.15) is 0 Å². The summed E-state index contributed by atoms with van der Waals surface area (Å²) in [4.78, 5) is 23.8. The van der Waals surface area contributed by atoms with Gasteiger partial charge < -0.3 is 16.0 Å². The Morgan fingerprint density at radius 3 is 2.93 bits per heavy atom. The van der Waals surface area contributed by atoms with Crippen LogP contribution in [-0.2, 0) is 0 Å². The van der Waals surface area contributed by atoms with Crippen molar-refractivity contribution in [2.24, 2.45) is 11.7 Å². The highest BCUT2D eigenvalue weighted by molar-refractivity contribution is 6.06. The van der Waals surface area contributed by atoms with Crippen LogP contribution in [0.1, 0.15) is 46.6 Å². The van der Waals surface area contributed by atoms with Crippen LogP contribution in [0.25, 0.3) is 22.3 Å². The lowest BCUT2D eigenvalue weighted by Gasteiger charge is -2.33. The third-order valence-corrected chi connectivity index (χ3v) is 6.80. The van der Waals surface area contributed by atoms with Crippen LogP contribution in [0, 0.1) is 12.8 Å². The van der Waals surface area contributed by atoms with Crippen LogP contribution in [-0.4, -0.2) is 33.0 Å². The van der Waals surface area contributed by atoms with Gasteiger partial charge in [-0.3, -0.25) is 14.8 Å². The Morgan fingerprint density at radius 1 is 1.20 bits per heavy atom. The van der Waals surface area contributed by atoms with Crippen molar-refractivity contribution in [3.63, 3.8) is 0 Å². The molecule has 2 bridgehead atoms. The quantitative estimate of drug-likeness (QED) is 0.709. The Hall–Kier alpha value is -3.41. The number of piperidine rings is 1. The number of fused-ring (bicyclic) bond motifs is 6. The first kappa shape index (κ1) is 17.4. The third kappa shape index (κ3) is 2.46. The third-order valence-electron chi connectivity index (χ3n) is 6.80. The van der Waals surface area contributed by atoms with E-state index in [1.165, 1.54) is 25.0 Å². The van der Waals surface area contributed by atoms with E-state index in [1.807, 2.05) is 19.1 Å². The fourth-order valence-electron chi connectivity index (χ4n) is 5.52. The number of aromatic nitrogens is 2. The van der Waals surface area contributed by atoms with Crippen molar-refractivity contribution in [3.05, 3.63) is 71.2 Å². The van der Waals surface area contributed by atoms with Crippen molar-refractivity contribution in [3.8, 4) is 0 Å². The first-order valence-electron chi connectivity index (χ1n) is 10.5. The summed E-state index contributed by atoms with van der Waals surface area (Å²) in [6.07, 6.45) is 5.68. The monoisotopic (exact) mass is 397 g/mol. The van der Waals surface area contributed by atoms with E-state index < -0.39 is 5.91 Å². The van der Waals surface area contributed by atoms with Crippen molar-refractivity contribution in [1.82, 2.24) is 20.2 Å². The molecule has 2 aromatic heterocycles. The second kappa shape index (κ2) is 6.29. The summed E-state index contributed by atoms with van der Waals surface area (Å²) in [5.74, 6) is 0.229. The number of aryl methyl sites for hydroxylation is 1. The Morgan fingerprint density at radius 2 is 2.10 bits per heavy atom. The molecule has 4 heterocycles. The van der Waals surface area contributed by atoms with Crippen LogP contribution in [0.15, 0.2) is 48.7 Å². The maximum absolute atomic E-state index is 12.0. The minimum Gasteiger partial charge on any atom is -0.366 e. The Balaban J connectivity index is 1.58. The van der Waals surface area contributed by atoms with Gasteiger partial charge in [0.2, 0.25) is 5.91 Å². The van der Waals surface area contributed by atoms with E-state index in [1.54, 1.807) is 12.3 Å². The van der Waals surface area contributed by atoms with Crippen LogP contribution in [0.3, 0.4) is 0 Å². The number of carbonyl (C=O) groups is 1. The van der Waals surface area contributed by atoms with E-state index in [-0.39, 0.29) is 0 Å². The van der Waals surface area contributed by atoms with E-state index in [9.17, 15) is 4.79 Å². The standard InChI is InChI=1S/C24H23N5O/c1-13-3-2-4-20(27-13)21-22(29-16-7-5-15(11-16)24(29)28-21)14-6-8-19-18(12-14)17(23(25)30)9-10-26-19/h2-4,6,8-10,12,15-16,24,28H,5,7,11H2,1H3,(H2,25,30)/t15-,16+,24?/m0/s1.